The predicted molar refractivity (Wildman–Crippen MR) is 122 cm³/mol. The topological polar surface area (TPSA) is 69.0 Å². The second-order valence-electron chi connectivity index (χ2n) is 7.37. The average molecular weight is 503 g/mol. The van der Waals surface area contributed by atoms with Gasteiger partial charge in [0.15, 0.2) is 5.96 Å². The molecule has 1 aromatic heterocycles. The van der Waals surface area contributed by atoms with Crippen LogP contribution < -0.4 is 5.32 Å². The molecule has 3 heterocycles. The van der Waals surface area contributed by atoms with Crippen LogP contribution in [0.1, 0.15) is 25.6 Å². The first-order valence-corrected chi connectivity index (χ1v) is 10.1. The first-order chi connectivity index (χ1) is 13.1. The highest BCUT2D eigenvalue weighted by Gasteiger charge is 2.30. The van der Waals surface area contributed by atoms with E-state index in [1.807, 2.05) is 31.3 Å². The molecule has 3 rings (SSSR count). The zero-order valence-corrected chi connectivity index (χ0v) is 19.6. The molecule has 0 spiro atoms. The van der Waals surface area contributed by atoms with E-state index < -0.39 is 0 Å². The molecule has 2 fully saturated rings. The fourth-order valence-electron chi connectivity index (χ4n) is 3.94. The number of piperazine rings is 1. The minimum atomic E-state index is -0.0237. The highest BCUT2D eigenvalue weighted by molar-refractivity contribution is 14.0. The Labute approximate surface area is 185 Å². The molecule has 1 aromatic rings. The standard InChI is InChI=1S/C19H33N7O.HI/c1-16(18(27)25-8-4-5-9-25)23-12-14-26(15-13-23)19(20-3)22-7-11-24-10-6-21-17(24)2;/h6,10,16H,4-5,7-9,11-15H2,1-3H3,(H,20,22);1H. The highest BCUT2D eigenvalue weighted by Crippen LogP contribution is 2.14. The largest absolute Gasteiger partial charge is 0.354 e. The Balaban J connectivity index is 0.00000280. The number of hydrogen-bond acceptors (Lipinski definition) is 4. The van der Waals surface area contributed by atoms with Crippen LogP contribution in [-0.2, 0) is 11.3 Å². The summed E-state index contributed by atoms with van der Waals surface area (Å²) in [5.74, 6) is 2.25. The average Bonchev–Trinajstić information content (AvgIpc) is 3.36. The van der Waals surface area contributed by atoms with Gasteiger partial charge in [-0.2, -0.15) is 0 Å². The van der Waals surface area contributed by atoms with E-state index in [0.29, 0.717) is 5.91 Å². The van der Waals surface area contributed by atoms with Crippen molar-refractivity contribution < 1.29 is 4.79 Å². The highest BCUT2D eigenvalue weighted by atomic mass is 127. The molecule has 1 unspecified atom stereocenters. The maximum absolute atomic E-state index is 12.6. The second-order valence-corrected chi connectivity index (χ2v) is 7.37. The number of nitrogens with one attached hydrogen (secondary N) is 1. The van der Waals surface area contributed by atoms with Crippen LogP contribution in [-0.4, -0.2) is 95.0 Å². The third kappa shape index (κ3) is 5.59. The van der Waals surface area contributed by atoms with Crippen molar-refractivity contribution in [1.29, 1.82) is 0 Å². The quantitative estimate of drug-likeness (QED) is 0.369. The first kappa shape index (κ1) is 22.9. The summed E-state index contributed by atoms with van der Waals surface area (Å²) in [4.78, 5) is 27.9. The van der Waals surface area contributed by atoms with Crippen molar-refractivity contribution in [3.05, 3.63) is 18.2 Å². The Morgan fingerprint density at radius 1 is 1.18 bits per heavy atom. The Kier molecular flexibility index (Phi) is 9.00. The lowest BCUT2D eigenvalue weighted by atomic mass is 10.2. The molecule has 0 radical (unpaired) electrons. The molecule has 2 aliphatic rings. The molecular formula is C19H34IN7O. The summed E-state index contributed by atoms with van der Waals surface area (Å²) < 4.78 is 2.13. The lowest BCUT2D eigenvalue weighted by Crippen LogP contribution is -2.57. The summed E-state index contributed by atoms with van der Waals surface area (Å²) in [5, 5.41) is 3.45. The fraction of sp³-hybridized carbons (Fsp3) is 0.737. The van der Waals surface area contributed by atoms with Crippen LogP contribution >= 0.6 is 24.0 Å². The first-order valence-electron chi connectivity index (χ1n) is 10.1. The minimum Gasteiger partial charge on any atom is -0.354 e. The van der Waals surface area contributed by atoms with Crippen molar-refractivity contribution in [3.63, 3.8) is 0 Å². The van der Waals surface area contributed by atoms with E-state index in [1.54, 1.807) is 0 Å². The number of carbonyl (C=O) groups is 1. The van der Waals surface area contributed by atoms with Gasteiger partial charge in [-0.15, -0.1) is 24.0 Å². The summed E-state index contributed by atoms with van der Waals surface area (Å²) in [6.07, 6.45) is 6.12. The van der Waals surface area contributed by atoms with Gasteiger partial charge in [-0.25, -0.2) is 4.98 Å². The Morgan fingerprint density at radius 3 is 2.43 bits per heavy atom. The van der Waals surface area contributed by atoms with Gasteiger partial charge in [0.05, 0.1) is 6.04 Å². The number of amides is 1. The molecule has 1 amide bonds. The van der Waals surface area contributed by atoms with Crippen molar-refractivity contribution in [2.45, 2.75) is 39.3 Å². The number of hydrogen-bond donors (Lipinski definition) is 1. The Bertz CT molecular complexity index is 648. The molecular weight excluding hydrogens is 469 g/mol. The van der Waals surface area contributed by atoms with Gasteiger partial charge in [0.25, 0.3) is 0 Å². The number of rotatable bonds is 5. The van der Waals surface area contributed by atoms with Crippen LogP contribution in [0.4, 0.5) is 0 Å². The number of nitrogens with zero attached hydrogens (tertiary/aromatic N) is 6. The maximum atomic E-state index is 12.6. The van der Waals surface area contributed by atoms with Crippen LogP contribution in [0, 0.1) is 6.92 Å². The smallest absolute Gasteiger partial charge is 0.239 e. The molecule has 2 saturated heterocycles. The Morgan fingerprint density at radius 2 is 1.86 bits per heavy atom. The van der Waals surface area contributed by atoms with E-state index >= 15 is 0 Å². The minimum absolute atomic E-state index is 0. The summed E-state index contributed by atoms with van der Waals surface area (Å²) >= 11 is 0. The molecule has 1 N–H and O–H groups in total. The summed E-state index contributed by atoms with van der Waals surface area (Å²) in [6, 6.07) is -0.0237. The number of likely N-dealkylation sites (tertiary alicyclic amines) is 1. The van der Waals surface area contributed by atoms with E-state index in [4.69, 9.17) is 0 Å². The lowest BCUT2D eigenvalue weighted by Gasteiger charge is -2.39. The number of carbonyl (C=O) groups excluding carboxylic acids is 1. The van der Waals surface area contributed by atoms with Crippen molar-refractivity contribution in [1.82, 2.24) is 29.6 Å². The summed E-state index contributed by atoms with van der Waals surface area (Å²) in [5.41, 5.74) is 0. The van der Waals surface area contributed by atoms with Crippen LogP contribution in [0.25, 0.3) is 0 Å². The van der Waals surface area contributed by atoms with Crippen LogP contribution in [0.15, 0.2) is 17.4 Å². The number of halogens is 1. The Hall–Kier alpha value is -1.36. The SMILES string of the molecule is CN=C(NCCn1ccnc1C)N1CCN(C(C)C(=O)N2CCCC2)CC1.I. The van der Waals surface area contributed by atoms with E-state index in [1.165, 1.54) is 0 Å². The zero-order valence-electron chi connectivity index (χ0n) is 17.3. The van der Waals surface area contributed by atoms with Crippen molar-refractivity contribution in [3.8, 4) is 0 Å². The van der Waals surface area contributed by atoms with Gasteiger partial charge in [0.1, 0.15) is 5.82 Å². The van der Waals surface area contributed by atoms with Gasteiger partial charge in [0, 0.05) is 71.8 Å². The van der Waals surface area contributed by atoms with Gasteiger partial charge in [0.2, 0.25) is 5.91 Å². The van der Waals surface area contributed by atoms with E-state index in [-0.39, 0.29) is 30.0 Å². The van der Waals surface area contributed by atoms with Crippen LogP contribution in [0.5, 0.6) is 0 Å². The third-order valence-corrected chi connectivity index (χ3v) is 5.71. The molecule has 9 heteroatoms. The van der Waals surface area contributed by atoms with Crippen LogP contribution in [0.2, 0.25) is 0 Å². The summed E-state index contributed by atoms with van der Waals surface area (Å²) in [7, 11) is 1.83. The van der Waals surface area contributed by atoms with Gasteiger partial charge in [-0.05, 0) is 26.7 Å². The molecule has 0 bridgehead atoms. The maximum Gasteiger partial charge on any atom is 0.239 e. The summed E-state index contributed by atoms with van der Waals surface area (Å²) in [6.45, 7) is 11.2. The normalized spacial score (nSPS) is 19.5. The molecule has 0 aliphatic carbocycles. The molecule has 8 nitrogen and oxygen atoms in total. The van der Waals surface area contributed by atoms with E-state index in [2.05, 4.69) is 36.6 Å². The second kappa shape index (κ2) is 11.0. The monoisotopic (exact) mass is 503 g/mol. The van der Waals surface area contributed by atoms with Crippen molar-refractivity contribution in [2.75, 3.05) is 52.9 Å². The number of guanidine groups is 1. The molecule has 0 saturated carbocycles. The third-order valence-electron chi connectivity index (χ3n) is 5.71. The van der Waals surface area contributed by atoms with Crippen LogP contribution in [0.3, 0.4) is 0 Å². The molecule has 1 atom stereocenters. The number of aryl methyl sites for hydroxylation is 1. The van der Waals surface area contributed by atoms with Gasteiger partial charge >= 0.3 is 0 Å². The van der Waals surface area contributed by atoms with Gasteiger partial charge < -0.3 is 19.7 Å². The van der Waals surface area contributed by atoms with E-state index in [0.717, 1.165) is 77.0 Å². The lowest BCUT2D eigenvalue weighted by molar-refractivity contribution is -0.135. The zero-order chi connectivity index (χ0) is 19.2. The van der Waals surface area contributed by atoms with Crippen molar-refractivity contribution in [2.24, 2.45) is 4.99 Å². The number of aromatic nitrogens is 2. The molecule has 28 heavy (non-hydrogen) atoms. The number of aliphatic imine (C=N–C) groups is 1. The molecule has 0 aromatic carbocycles. The predicted octanol–water partition coefficient (Wildman–Crippen LogP) is 1.01. The van der Waals surface area contributed by atoms with Gasteiger partial charge in [-0.3, -0.25) is 14.7 Å². The number of imidazole rings is 1. The van der Waals surface area contributed by atoms with Crippen molar-refractivity contribution >= 4 is 35.8 Å². The molecule has 2 aliphatic heterocycles. The molecule has 158 valence electrons. The fourth-order valence-corrected chi connectivity index (χ4v) is 3.94. The van der Waals surface area contributed by atoms with E-state index in [9.17, 15) is 4.79 Å². The van der Waals surface area contributed by atoms with Gasteiger partial charge in [-0.1, -0.05) is 0 Å².